The van der Waals surface area contributed by atoms with Gasteiger partial charge in [-0.2, -0.15) is 5.10 Å². The summed E-state index contributed by atoms with van der Waals surface area (Å²) in [6.45, 7) is 6.95. The van der Waals surface area contributed by atoms with Crippen molar-refractivity contribution in [3.8, 4) is 0 Å². The van der Waals surface area contributed by atoms with Crippen LogP contribution in [-0.2, 0) is 0 Å². The van der Waals surface area contributed by atoms with Crippen LogP contribution in [0.2, 0.25) is 0 Å². The average molecular weight is 124 g/mol. The van der Waals surface area contributed by atoms with Crippen molar-refractivity contribution in [2.45, 2.75) is 0 Å². The lowest BCUT2D eigenvalue weighted by molar-refractivity contribution is 1.04. The fourth-order valence-electron chi connectivity index (χ4n) is 0.438. The van der Waals surface area contributed by atoms with Gasteiger partial charge in [-0.05, 0) is 12.5 Å². The maximum Gasteiger partial charge on any atom is 0.340 e. The Labute approximate surface area is 51.6 Å². The van der Waals surface area contributed by atoms with Crippen LogP contribution in [0.4, 0.5) is 0 Å². The SMILES string of the molecule is [CH2]C(=C)c1n[nH]c(=O)[nH]1. The molecule has 0 aliphatic heterocycles. The highest BCUT2D eigenvalue weighted by Crippen LogP contribution is 1.97. The lowest BCUT2D eigenvalue weighted by Gasteiger charge is -1.84. The van der Waals surface area contributed by atoms with E-state index in [2.05, 4.69) is 28.7 Å². The largest absolute Gasteiger partial charge is 0.340 e. The van der Waals surface area contributed by atoms with E-state index >= 15 is 0 Å². The molecule has 1 heterocycles. The fraction of sp³-hybridized carbons (Fsp3) is 0. The van der Waals surface area contributed by atoms with Gasteiger partial charge in [0.2, 0.25) is 0 Å². The first-order valence-electron chi connectivity index (χ1n) is 2.36. The van der Waals surface area contributed by atoms with Gasteiger partial charge in [-0.25, -0.2) is 9.89 Å². The lowest BCUT2D eigenvalue weighted by atomic mass is 10.3. The van der Waals surface area contributed by atoms with E-state index in [0.29, 0.717) is 11.4 Å². The highest BCUT2D eigenvalue weighted by molar-refractivity contribution is 5.59. The first kappa shape index (κ1) is 5.81. The molecule has 47 valence electrons. The summed E-state index contributed by atoms with van der Waals surface area (Å²) in [7, 11) is 0. The summed E-state index contributed by atoms with van der Waals surface area (Å²) in [5.74, 6) is 0.403. The summed E-state index contributed by atoms with van der Waals surface area (Å²) in [5, 5.41) is 5.75. The quantitative estimate of drug-likeness (QED) is 0.551. The number of hydrogen-bond donors (Lipinski definition) is 2. The molecule has 1 aromatic heterocycles. The van der Waals surface area contributed by atoms with Crippen molar-refractivity contribution < 1.29 is 0 Å². The number of H-pyrrole nitrogens is 2. The molecule has 9 heavy (non-hydrogen) atoms. The minimum Gasteiger partial charge on any atom is -0.289 e. The second kappa shape index (κ2) is 1.89. The molecule has 0 unspecified atom stereocenters. The zero-order valence-corrected chi connectivity index (χ0v) is 4.77. The zero-order valence-electron chi connectivity index (χ0n) is 4.77. The van der Waals surface area contributed by atoms with Crippen molar-refractivity contribution in [1.29, 1.82) is 0 Å². The van der Waals surface area contributed by atoms with Gasteiger partial charge < -0.3 is 0 Å². The highest BCUT2D eigenvalue weighted by atomic mass is 16.1. The molecule has 4 heteroatoms. The molecular weight excluding hydrogens is 118 g/mol. The Morgan fingerprint density at radius 1 is 1.67 bits per heavy atom. The zero-order chi connectivity index (χ0) is 6.85. The van der Waals surface area contributed by atoms with Crippen molar-refractivity contribution in [1.82, 2.24) is 15.2 Å². The number of allylic oxidation sites excluding steroid dienone is 1. The van der Waals surface area contributed by atoms with E-state index in [1.807, 2.05) is 0 Å². The standard InChI is InChI=1S/C5H6N3O/c1-3(2)4-6-5(9)8-7-4/h1-2H2,(H2,6,7,8,9). The Morgan fingerprint density at radius 2 is 2.33 bits per heavy atom. The maximum absolute atomic E-state index is 10.4. The Kier molecular flexibility index (Phi) is 1.22. The number of rotatable bonds is 1. The predicted octanol–water partition coefficient (Wildman–Crippen LogP) is -0.0547. The highest BCUT2D eigenvalue weighted by Gasteiger charge is 1.94. The van der Waals surface area contributed by atoms with E-state index in [1.54, 1.807) is 0 Å². The van der Waals surface area contributed by atoms with Gasteiger partial charge >= 0.3 is 5.69 Å². The monoisotopic (exact) mass is 124 g/mol. The first-order valence-corrected chi connectivity index (χ1v) is 2.36. The van der Waals surface area contributed by atoms with Crippen LogP contribution in [0, 0.1) is 6.92 Å². The summed E-state index contributed by atoms with van der Waals surface area (Å²) < 4.78 is 0. The number of nitrogens with one attached hydrogen (secondary N) is 2. The van der Waals surface area contributed by atoms with Crippen molar-refractivity contribution in [2.75, 3.05) is 0 Å². The minimum absolute atomic E-state index is 0.338. The smallest absolute Gasteiger partial charge is 0.289 e. The molecule has 0 saturated carbocycles. The topological polar surface area (TPSA) is 61.5 Å². The summed E-state index contributed by atoms with van der Waals surface area (Å²) in [6.07, 6.45) is 0. The van der Waals surface area contributed by atoms with Crippen LogP contribution in [0.5, 0.6) is 0 Å². The molecule has 2 N–H and O–H groups in total. The molecule has 0 bridgehead atoms. The molecule has 0 atom stereocenters. The number of aromatic nitrogens is 3. The van der Waals surface area contributed by atoms with Gasteiger partial charge in [-0.1, -0.05) is 6.58 Å². The summed E-state index contributed by atoms with van der Waals surface area (Å²) in [6, 6.07) is 0. The molecule has 0 saturated heterocycles. The van der Waals surface area contributed by atoms with Gasteiger partial charge in [0, 0.05) is 0 Å². The van der Waals surface area contributed by atoms with Gasteiger partial charge in [0.15, 0.2) is 5.82 Å². The summed E-state index contributed by atoms with van der Waals surface area (Å²) >= 11 is 0. The third kappa shape index (κ3) is 1.07. The summed E-state index contributed by atoms with van der Waals surface area (Å²) in [4.78, 5) is 12.7. The molecule has 1 aromatic rings. The van der Waals surface area contributed by atoms with Gasteiger partial charge in [0.1, 0.15) is 0 Å². The second-order valence-electron chi connectivity index (χ2n) is 1.63. The van der Waals surface area contributed by atoms with Crippen LogP contribution in [0.25, 0.3) is 5.57 Å². The number of hydrogen-bond acceptors (Lipinski definition) is 2. The van der Waals surface area contributed by atoms with Crippen molar-refractivity contribution in [2.24, 2.45) is 0 Å². The van der Waals surface area contributed by atoms with E-state index in [-0.39, 0.29) is 5.69 Å². The van der Waals surface area contributed by atoms with E-state index in [9.17, 15) is 4.79 Å². The first-order chi connectivity index (χ1) is 4.20. The molecule has 1 rings (SSSR count). The molecule has 0 spiro atoms. The van der Waals surface area contributed by atoms with Crippen LogP contribution in [0.1, 0.15) is 5.82 Å². The lowest BCUT2D eigenvalue weighted by Crippen LogP contribution is -2.00. The molecule has 0 aliphatic rings. The fourth-order valence-corrected chi connectivity index (χ4v) is 0.438. The third-order valence-electron chi connectivity index (χ3n) is 0.836. The predicted molar refractivity (Wildman–Crippen MR) is 33.6 cm³/mol. The Hall–Kier alpha value is -1.32. The van der Waals surface area contributed by atoms with Crippen LogP contribution in [0.3, 0.4) is 0 Å². The van der Waals surface area contributed by atoms with Crippen LogP contribution in [-0.4, -0.2) is 15.2 Å². The van der Waals surface area contributed by atoms with Gasteiger partial charge in [0.25, 0.3) is 0 Å². The molecule has 0 fully saturated rings. The Balaban J connectivity index is 3.12. The van der Waals surface area contributed by atoms with Crippen molar-refractivity contribution in [3.05, 3.63) is 29.8 Å². The molecular formula is C5H6N3O. The third-order valence-corrected chi connectivity index (χ3v) is 0.836. The van der Waals surface area contributed by atoms with E-state index in [0.717, 1.165) is 0 Å². The number of aromatic amines is 2. The average Bonchev–Trinajstić information content (AvgIpc) is 2.14. The van der Waals surface area contributed by atoms with Gasteiger partial charge in [0.05, 0.1) is 0 Å². The van der Waals surface area contributed by atoms with Crippen molar-refractivity contribution >= 4 is 5.57 Å². The number of nitrogens with zero attached hydrogens (tertiary/aromatic N) is 1. The van der Waals surface area contributed by atoms with Crippen LogP contribution in [0.15, 0.2) is 11.4 Å². The maximum atomic E-state index is 10.4. The molecule has 0 aromatic carbocycles. The normalized spacial score (nSPS) is 9.44. The second-order valence-corrected chi connectivity index (χ2v) is 1.63. The minimum atomic E-state index is -0.338. The van der Waals surface area contributed by atoms with E-state index in [1.165, 1.54) is 0 Å². The molecule has 4 nitrogen and oxygen atoms in total. The van der Waals surface area contributed by atoms with E-state index < -0.39 is 0 Å². The molecule has 0 aliphatic carbocycles. The van der Waals surface area contributed by atoms with E-state index in [4.69, 9.17) is 0 Å². The molecule has 1 radical (unpaired) electrons. The molecule has 0 amide bonds. The Bertz CT molecular complexity index is 270. The van der Waals surface area contributed by atoms with Crippen LogP contribution < -0.4 is 5.69 Å². The van der Waals surface area contributed by atoms with Crippen LogP contribution >= 0.6 is 0 Å². The van der Waals surface area contributed by atoms with Gasteiger partial charge in [-0.15, -0.1) is 0 Å². The van der Waals surface area contributed by atoms with Crippen molar-refractivity contribution in [3.63, 3.8) is 0 Å². The van der Waals surface area contributed by atoms with Gasteiger partial charge in [-0.3, -0.25) is 4.98 Å². The summed E-state index contributed by atoms with van der Waals surface area (Å²) in [5.41, 5.74) is 0.156. The Morgan fingerprint density at radius 3 is 2.56 bits per heavy atom.